The summed E-state index contributed by atoms with van der Waals surface area (Å²) in [6.45, 7) is 6.72. The van der Waals surface area contributed by atoms with E-state index in [4.69, 9.17) is 20.2 Å². The Morgan fingerprint density at radius 1 is 0.577 bits per heavy atom. The van der Waals surface area contributed by atoms with Gasteiger partial charge < -0.3 is 20.8 Å². The summed E-state index contributed by atoms with van der Waals surface area (Å²) in [4.78, 5) is 28.9. The van der Waals surface area contributed by atoms with E-state index in [2.05, 4.69) is 73.0 Å². The first-order valence-corrected chi connectivity index (χ1v) is 19.9. The fourth-order valence-corrected chi connectivity index (χ4v) is 7.18. The van der Waals surface area contributed by atoms with Gasteiger partial charge >= 0.3 is 11.9 Å². The van der Waals surface area contributed by atoms with Crippen molar-refractivity contribution in [3.05, 3.63) is 83.2 Å². The van der Waals surface area contributed by atoms with Crippen molar-refractivity contribution >= 4 is 45.1 Å². The number of nitrogens with zero attached hydrogens (tertiary/aromatic N) is 2. The third-order valence-electron chi connectivity index (χ3n) is 9.87. The lowest BCUT2D eigenvalue weighted by Crippen LogP contribution is -2.12. The first-order valence-electron chi connectivity index (χ1n) is 19.9. The van der Waals surface area contributed by atoms with Crippen molar-refractivity contribution in [2.45, 2.75) is 129 Å². The van der Waals surface area contributed by atoms with Gasteiger partial charge in [-0.1, -0.05) is 102 Å². The molecular weight excluding hydrogens is 649 g/mol. The molecule has 2 aliphatic rings. The van der Waals surface area contributed by atoms with Crippen molar-refractivity contribution in [3.63, 3.8) is 0 Å². The largest absolute Gasteiger partial charge is 0.478 e. The SMILES string of the molecule is CCCCCCCNc1c2c(nc3ccccc13)CCCC2.CCCCCCCNc1c2c(nc3ccccc13)CCCC2.O=C(O)C=CC(=O)O. The van der Waals surface area contributed by atoms with Crippen LogP contribution in [0.1, 0.15) is 126 Å². The molecule has 0 amide bonds. The number of aryl methyl sites for hydroxylation is 2. The number of aromatic nitrogens is 2. The van der Waals surface area contributed by atoms with Crippen LogP contribution < -0.4 is 10.6 Å². The Labute approximate surface area is 310 Å². The fourth-order valence-electron chi connectivity index (χ4n) is 7.18. The molecule has 52 heavy (non-hydrogen) atoms. The number of aliphatic carboxylic acids is 2. The molecule has 0 radical (unpaired) electrons. The molecular formula is C44H60N4O4. The quantitative estimate of drug-likeness (QED) is 0.0670. The van der Waals surface area contributed by atoms with Gasteiger partial charge in [0.05, 0.1) is 11.0 Å². The monoisotopic (exact) mass is 708 g/mol. The Hall–Kier alpha value is -4.46. The van der Waals surface area contributed by atoms with E-state index in [0.29, 0.717) is 12.2 Å². The van der Waals surface area contributed by atoms with Crippen molar-refractivity contribution in [2.75, 3.05) is 23.7 Å². The molecule has 4 aromatic rings. The van der Waals surface area contributed by atoms with Gasteiger partial charge in [-0.15, -0.1) is 0 Å². The molecule has 0 spiro atoms. The van der Waals surface area contributed by atoms with Gasteiger partial charge in [0.1, 0.15) is 0 Å². The van der Waals surface area contributed by atoms with E-state index in [0.717, 1.165) is 37.0 Å². The van der Waals surface area contributed by atoms with Gasteiger partial charge in [0.15, 0.2) is 0 Å². The van der Waals surface area contributed by atoms with E-state index in [-0.39, 0.29) is 0 Å². The summed E-state index contributed by atoms with van der Waals surface area (Å²) in [5.74, 6) is -2.51. The highest BCUT2D eigenvalue weighted by Crippen LogP contribution is 2.34. The number of hydrogen-bond donors (Lipinski definition) is 4. The van der Waals surface area contributed by atoms with E-state index >= 15 is 0 Å². The summed E-state index contributed by atoms with van der Waals surface area (Å²) >= 11 is 0. The van der Waals surface area contributed by atoms with Crippen LogP contribution >= 0.6 is 0 Å². The minimum absolute atomic E-state index is 0.558. The van der Waals surface area contributed by atoms with Crippen LogP contribution in [-0.4, -0.2) is 45.2 Å². The number of fused-ring (bicyclic) bond motifs is 4. The second-order valence-electron chi connectivity index (χ2n) is 14.0. The van der Waals surface area contributed by atoms with Crippen LogP contribution in [0.5, 0.6) is 0 Å². The number of pyridine rings is 2. The predicted octanol–water partition coefficient (Wildman–Crippen LogP) is 10.7. The van der Waals surface area contributed by atoms with Crippen molar-refractivity contribution < 1.29 is 19.8 Å². The predicted molar refractivity (Wildman–Crippen MR) is 216 cm³/mol. The number of anilines is 2. The number of unbranched alkanes of at least 4 members (excludes halogenated alkanes) is 8. The Balaban J connectivity index is 0.000000193. The molecule has 280 valence electrons. The van der Waals surface area contributed by atoms with Gasteiger partial charge in [0, 0.05) is 58.8 Å². The van der Waals surface area contributed by atoms with Gasteiger partial charge in [-0.3, -0.25) is 9.97 Å². The summed E-state index contributed by atoms with van der Waals surface area (Å²) in [6.07, 6.45) is 24.3. The molecule has 0 saturated heterocycles. The van der Waals surface area contributed by atoms with Crippen molar-refractivity contribution in [2.24, 2.45) is 0 Å². The Kier molecular flexibility index (Phi) is 17.4. The van der Waals surface area contributed by atoms with E-state index < -0.39 is 11.9 Å². The van der Waals surface area contributed by atoms with Crippen molar-refractivity contribution in [1.29, 1.82) is 0 Å². The minimum atomic E-state index is -1.26. The van der Waals surface area contributed by atoms with E-state index in [9.17, 15) is 9.59 Å². The highest BCUT2D eigenvalue weighted by atomic mass is 16.4. The van der Waals surface area contributed by atoms with Crippen LogP contribution in [0.25, 0.3) is 21.8 Å². The number of hydrogen-bond acceptors (Lipinski definition) is 6. The molecule has 0 bridgehead atoms. The topological polar surface area (TPSA) is 124 Å². The third kappa shape index (κ3) is 12.6. The highest BCUT2D eigenvalue weighted by Gasteiger charge is 2.19. The molecule has 2 aromatic heterocycles. The lowest BCUT2D eigenvalue weighted by molar-refractivity contribution is -0.134. The van der Waals surface area contributed by atoms with Crippen LogP contribution in [0, 0.1) is 0 Å². The molecule has 2 heterocycles. The van der Waals surface area contributed by atoms with Gasteiger partial charge in [-0.05, 0) is 87.5 Å². The van der Waals surface area contributed by atoms with Crippen LogP contribution in [0.4, 0.5) is 11.4 Å². The maximum Gasteiger partial charge on any atom is 0.328 e. The summed E-state index contributed by atoms with van der Waals surface area (Å²) in [5, 5.41) is 25.7. The summed E-state index contributed by atoms with van der Waals surface area (Å²) < 4.78 is 0. The van der Waals surface area contributed by atoms with Gasteiger partial charge in [-0.2, -0.15) is 0 Å². The molecule has 8 heteroatoms. The number of rotatable bonds is 16. The average molecular weight is 709 g/mol. The van der Waals surface area contributed by atoms with Crippen LogP contribution in [0.15, 0.2) is 60.7 Å². The number of para-hydroxylation sites is 2. The molecule has 0 saturated carbocycles. The number of carboxylic acid groups (broad SMARTS) is 2. The zero-order chi connectivity index (χ0) is 37.0. The number of benzene rings is 2. The normalized spacial score (nSPS) is 13.3. The fraction of sp³-hybridized carbons (Fsp3) is 0.500. The van der Waals surface area contributed by atoms with E-state index in [1.165, 1.54) is 147 Å². The molecule has 0 unspecified atom stereocenters. The molecule has 2 aliphatic carbocycles. The highest BCUT2D eigenvalue weighted by molar-refractivity contribution is 5.94. The first kappa shape index (κ1) is 40.3. The second-order valence-corrected chi connectivity index (χ2v) is 14.0. The van der Waals surface area contributed by atoms with Crippen LogP contribution in [0.3, 0.4) is 0 Å². The molecule has 4 N–H and O–H groups in total. The lowest BCUT2D eigenvalue weighted by atomic mass is 9.92. The molecule has 0 aliphatic heterocycles. The van der Waals surface area contributed by atoms with Crippen LogP contribution in [-0.2, 0) is 35.3 Å². The van der Waals surface area contributed by atoms with Gasteiger partial charge in [0.25, 0.3) is 0 Å². The summed E-state index contributed by atoms with van der Waals surface area (Å²) in [6, 6.07) is 17.2. The second kappa shape index (κ2) is 22.5. The maximum atomic E-state index is 9.55. The van der Waals surface area contributed by atoms with Crippen LogP contribution in [0.2, 0.25) is 0 Å². The zero-order valence-corrected chi connectivity index (χ0v) is 31.5. The molecule has 6 rings (SSSR count). The first-order chi connectivity index (χ1) is 25.4. The lowest BCUT2D eigenvalue weighted by Gasteiger charge is -2.21. The molecule has 0 atom stereocenters. The van der Waals surface area contributed by atoms with E-state index in [1.54, 1.807) is 0 Å². The zero-order valence-electron chi connectivity index (χ0n) is 31.5. The maximum absolute atomic E-state index is 9.55. The molecule has 8 nitrogen and oxygen atoms in total. The Morgan fingerprint density at radius 2 is 0.962 bits per heavy atom. The molecule has 0 fully saturated rings. The van der Waals surface area contributed by atoms with Gasteiger partial charge in [0.2, 0.25) is 0 Å². The minimum Gasteiger partial charge on any atom is -0.478 e. The molecule has 2 aromatic carbocycles. The summed E-state index contributed by atoms with van der Waals surface area (Å²) in [7, 11) is 0. The smallest absolute Gasteiger partial charge is 0.328 e. The Morgan fingerprint density at radius 3 is 1.37 bits per heavy atom. The van der Waals surface area contributed by atoms with Crippen molar-refractivity contribution in [1.82, 2.24) is 9.97 Å². The number of carbonyl (C=O) groups is 2. The Bertz CT molecular complexity index is 1620. The summed E-state index contributed by atoms with van der Waals surface area (Å²) in [5.41, 5.74) is 10.7. The number of nitrogens with one attached hydrogen (secondary N) is 2. The van der Waals surface area contributed by atoms with Crippen molar-refractivity contribution in [3.8, 4) is 0 Å². The average Bonchev–Trinajstić information content (AvgIpc) is 3.16. The van der Waals surface area contributed by atoms with E-state index in [1.807, 2.05) is 0 Å². The third-order valence-corrected chi connectivity index (χ3v) is 9.87. The number of carboxylic acids is 2. The standard InChI is InChI=1S/2C20H28N2.C4H4O4/c2*1-2-3-4-5-10-15-21-20-16-11-6-8-13-18(16)22-19-14-9-7-12-17(19)20;5-3(6)1-2-4(7)8/h2*6,8,11,13H,2-5,7,9-10,12,14-15H2,1H3,(H,21,22);1-2H,(H,5,6)(H,7,8). The van der Waals surface area contributed by atoms with Gasteiger partial charge in [-0.25, -0.2) is 9.59 Å².